The lowest BCUT2D eigenvalue weighted by atomic mass is 10.0. The van der Waals surface area contributed by atoms with Crippen LogP contribution in [0.4, 0.5) is 0 Å². The maximum absolute atomic E-state index is 12.3. The van der Waals surface area contributed by atoms with Gasteiger partial charge in [0.05, 0.1) is 18.8 Å². The number of nitrogens with one attached hydrogen (secondary N) is 1. The van der Waals surface area contributed by atoms with Gasteiger partial charge >= 0.3 is 0 Å². The van der Waals surface area contributed by atoms with E-state index in [-0.39, 0.29) is 12.5 Å². The molecule has 0 fully saturated rings. The molecule has 2 unspecified atom stereocenters. The smallest absolute Gasteiger partial charge is 0.220 e. The van der Waals surface area contributed by atoms with Gasteiger partial charge in [0.1, 0.15) is 0 Å². The summed E-state index contributed by atoms with van der Waals surface area (Å²) in [5.41, 5.74) is 0. The first kappa shape index (κ1) is 47.6. The number of amides is 1. The summed E-state index contributed by atoms with van der Waals surface area (Å²) < 4.78 is 0. The van der Waals surface area contributed by atoms with Crippen LogP contribution in [0.2, 0.25) is 0 Å². The monoisotopic (exact) mass is 694 g/mol. The second kappa shape index (κ2) is 41.0. The van der Waals surface area contributed by atoms with Gasteiger partial charge in [-0.2, -0.15) is 0 Å². The third kappa shape index (κ3) is 36.8. The largest absolute Gasteiger partial charge is 0.394 e. The molecule has 0 saturated heterocycles. The van der Waals surface area contributed by atoms with E-state index in [0.717, 1.165) is 83.5 Å². The van der Waals surface area contributed by atoms with Gasteiger partial charge in [0.25, 0.3) is 0 Å². The molecule has 0 bridgehead atoms. The second-order valence-electron chi connectivity index (χ2n) is 13.7. The zero-order chi connectivity index (χ0) is 36.4. The molecule has 3 N–H and O–H groups in total. The Morgan fingerprint density at radius 1 is 0.500 bits per heavy atom. The molecule has 0 aliphatic rings. The molecule has 1 amide bonds. The Hall–Kier alpha value is -2.43. The van der Waals surface area contributed by atoms with Gasteiger partial charge in [-0.1, -0.05) is 189 Å². The van der Waals surface area contributed by atoms with E-state index in [2.05, 4.69) is 104 Å². The van der Waals surface area contributed by atoms with E-state index in [1.807, 2.05) is 0 Å². The van der Waals surface area contributed by atoms with Crippen LogP contribution in [-0.2, 0) is 4.79 Å². The molecule has 0 saturated carbocycles. The first-order valence-electron chi connectivity index (χ1n) is 20.8. The van der Waals surface area contributed by atoms with E-state index in [0.29, 0.717) is 12.8 Å². The molecule has 0 spiro atoms. The number of aliphatic hydroxyl groups excluding tert-OH is 2. The summed E-state index contributed by atoms with van der Waals surface area (Å²) in [4.78, 5) is 12.3. The van der Waals surface area contributed by atoms with E-state index in [4.69, 9.17) is 0 Å². The van der Waals surface area contributed by atoms with Gasteiger partial charge in [-0.05, 0) is 70.6 Å². The Balaban J connectivity index is 3.62. The summed E-state index contributed by atoms with van der Waals surface area (Å²) in [6.07, 6.45) is 59.4. The lowest BCUT2D eigenvalue weighted by Gasteiger charge is -2.22. The van der Waals surface area contributed by atoms with Crippen molar-refractivity contribution in [2.45, 2.75) is 193 Å². The van der Waals surface area contributed by atoms with Crippen LogP contribution in [0.1, 0.15) is 181 Å². The second-order valence-corrected chi connectivity index (χ2v) is 13.7. The van der Waals surface area contributed by atoms with Crippen molar-refractivity contribution in [3.05, 3.63) is 85.1 Å². The first-order chi connectivity index (χ1) is 24.7. The SMILES string of the molecule is CC/C=C\C/C=C\C/C=C\C/C=C\C/C=C\C/C=C\C/C=C\CCCCCCCCCC(=O)NC(CO)C(O)CCCCCCCCCCC. The highest BCUT2D eigenvalue weighted by Crippen LogP contribution is 2.14. The van der Waals surface area contributed by atoms with Gasteiger partial charge in [-0.3, -0.25) is 4.79 Å². The molecule has 286 valence electrons. The van der Waals surface area contributed by atoms with Gasteiger partial charge in [0, 0.05) is 6.42 Å². The average Bonchev–Trinajstić information content (AvgIpc) is 3.12. The standard InChI is InChI=1S/C46H79NO3/c1-3-5-7-9-11-13-14-15-16-17-18-19-20-21-22-23-24-25-26-27-28-29-30-31-32-34-36-38-40-42-46(50)47-44(43-48)45(49)41-39-37-35-33-12-10-8-6-4-2/h5,7,11,13,15-16,18-19,21-22,24-25,27-28,44-45,48-49H,3-4,6,8-10,12,14,17,20,23,26,29-43H2,1-2H3,(H,47,50)/b7-5-,13-11-,16-15-,19-18-,22-21-,25-24-,28-27-. The van der Waals surface area contributed by atoms with Crippen molar-refractivity contribution >= 4 is 5.91 Å². The van der Waals surface area contributed by atoms with Crippen molar-refractivity contribution < 1.29 is 15.0 Å². The van der Waals surface area contributed by atoms with E-state index >= 15 is 0 Å². The number of hydrogen-bond acceptors (Lipinski definition) is 3. The van der Waals surface area contributed by atoms with Gasteiger partial charge in [0.15, 0.2) is 0 Å². The summed E-state index contributed by atoms with van der Waals surface area (Å²) in [5.74, 6) is -0.0500. The van der Waals surface area contributed by atoms with Crippen LogP contribution in [-0.4, -0.2) is 34.9 Å². The minimum Gasteiger partial charge on any atom is -0.394 e. The van der Waals surface area contributed by atoms with Gasteiger partial charge in [0.2, 0.25) is 5.91 Å². The quantitative estimate of drug-likeness (QED) is 0.0452. The lowest BCUT2D eigenvalue weighted by Crippen LogP contribution is -2.45. The normalized spacial score (nSPS) is 13.9. The highest BCUT2D eigenvalue weighted by atomic mass is 16.3. The number of aliphatic hydroxyl groups is 2. The third-order valence-corrected chi connectivity index (χ3v) is 8.92. The number of carbonyl (C=O) groups excluding carboxylic acids is 1. The Labute approximate surface area is 310 Å². The number of unbranched alkanes of at least 4 members (excludes halogenated alkanes) is 15. The van der Waals surface area contributed by atoms with Crippen LogP contribution >= 0.6 is 0 Å². The van der Waals surface area contributed by atoms with E-state index < -0.39 is 12.1 Å². The van der Waals surface area contributed by atoms with E-state index in [1.54, 1.807) is 0 Å². The molecule has 0 aliphatic heterocycles. The molecular weight excluding hydrogens is 615 g/mol. The Bertz CT molecular complexity index is 926. The van der Waals surface area contributed by atoms with Crippen LogP contribution in [0, 0.1) is 0 Å². The van der Waals surface area contributed by atoms with Crippen molar-refractivity contribution in [1.82, 2.24) is 5.32 Å². The Kier molecular flexibility index (Phi) is 39.0. The molecule has 50 heavy (non-hydrogen) atoms. The Morgan fingerprint density at radius 3 is 1.32 bits per heavy atom. The van der Waals surface area contributed by atoms with Crippen LogP contribution in [0.5, 0.6) is 0 Å². The highest BCUT2D eigenvalue weighted by Gasteiger charge is 2.19. The van der Waals surface area contributed by atoms with Gasteiger partial charge in [-0.15, -0.1) is 0 Å². The maximum Gasteiger partial charge on any atom is 0.220 e. The molecule has 2 atom stereocenters. The van der Waals surface area contributed by atoms with Crippen LogP contribution in [0.25, 0.3) is 0 Å². The predicted octanol–water partition coefficient (Wildman–Crippen LogP) is 12.9. The average molecular weight is 694 g/mol. The summed E-state index contributed by atoms with van der Waals surface area (Å²) in [7, 11) is 0. The van der Waals surface area contributed by atoms with E-state index in [1.165, 1.54) is 70.6 Å². The van der Waals surface area contributed by atoms with Gasteiger partial charge in [-0.25, -0.2) is 0 Å². The molecule has 0 rings (SSSR count). The fourth-order valence-corrected chi connectivity index (χ4v) is 5.75. The maximum atomic E-state index is 12.3. The number of allylic oxidation sites excluding steroid dienone is 14. The van der Waals surface area contributed by atoms with Crippen LogP contribution in [0.15, 0.2) is 85.1 Å². The fraction of sp³-hybridized carbons (Fsp3) is 0.674. The minimum absolute atomic E-state index is 0.0500. The third-order valence-electron chi connectivity index (χ3n) is 8.92. The molecule has 0 aliphatic carbocycles. The Morgan fingerprint density at radius 2 is 0.880 bits per heavy atom. The fourth-order valence-electron chi connectivity index (χ4n) is 5.75. The topological polar surface area (TPSA) is 69.6 Å². The van der Waals surface area contributed by atoms with Gasteiger partial charge < -0.3 is 15.5 Å². The van der Waals surface area contributed by atoms with Crippen LogP contribution in [0.3, 0.4) is 0 Å². The summed E-state index contributed by atoms with van der Waals surface area (Å²) >= 11 is 0. The van der Waals surface area contributed by atoms with Crippen molar-refractivity contribution in [2.75, 3.05) is 6.61 Å². The minimum atomic E-state index is -0.667. The van der Waals surface area contributed by atoms with Crippen molar-refractivity contribution in [3.63, 3.8) is 0 Å². The van der Waals surface area contributed by atoms with E-state index in [9.17, 15) is 15.0 Å². The number of rotatable bonds is 36. The molecule has 4 heteroatoms. The van der Waals surface area contributed by atoms with Crippen molar-refractivity contribution in [1.29, 1.82) is 0 Å². The lowest BCUT2D eigenvalue weighted by molar-refractivity contribution is -0.123. The highest BCUT2D eigenvalue weighted by molar-refractivity contribution is 5.76. The zero-order valence-electron chi connectivity index (χ0n) is 32.6. The predicted molar refractivity (Wildman–Crippen MR) is 220 cm³/mol. The molecule has 0 aromatic rings. The zero-order valence-corrected chi connectivity index (χ0v) is 32.6. The first-order valence-corrected chi connectivity index (χ1v) is 20.8. The van der Waals surface area contributed by atoms with Crippen molar-refractivity contribution in [2.24, 2.45) is 0 Å². The van der Waals surface area contributed by atoms with Crippen molar-refractivity contribution in [3.8, 4) is 0 Å². The molecule has 0 aromatic carbocycles. The molecular formula is C46H79NO3. The summed E-state index contributed by atoms with van der Waals surface area (Å²) in [5, 5.41) is 23.0. The molecule has 0 heterocycles. The number of hydrogen-bond donors (Lipinski definition) is 3. The molecule has 0 aromatic heterocycles. The number of carbonyl (C=O) groups is 1. The molecule has 0 radical (unpaired) electrons. The summed E-state index contributed by atoms with van der Waals surface area (Å²) in [6, 6.07) is -0.545. The molecule has 4 nitrogen and oxygen atoms in total. The van der Waals surface area contributed by atoms with Crippen LogP contribution < -0.4 is 5.32 Å². The summed E-state index contributed by atoms with van der Waals surface area (Å²) in [6.45, 7) is 4.20.